The molecular formula is C20H16ClN3OS. The molecule has 0 spiro atoms. The van der Waals surface area contributed by atoms with Gasteiger partial charge in [0.15, 0.2) is 0 Å². The summed E-state index contributed by atoms with van der Waals surface area (Å²) >= 11 is 7.29. The third kappa shape index (κ3) is 3.98. The summed E-state index contributed by atoms with van der Waals surface area (Å²) in [4.78, 5) is 16.8. The minimum absolute atomic E-state index is 0.142. The average Bonchev–Trinajstić information content (AvgIpc) is 2.62. The maximum absolute atomic E-state index is 12.2. The van der Waals surface area contributed by atoms with Gasteiger partial charge in [0.05, 0.1) is 27.5 Å². The van der Waals surface area contributed by atoms with E-state index in [2.05, 4.69) is 16.4 Å². The van der Waals surface area contributed by atoms with Gasteiger partial charge in [0.25, 0.3) is 0 Å². The van der Waals surface area contributed by atoms with Gasteiger partial charge < -0.3 is 5.32 Å². The highest BCUT2D eigenvalue weighted by atomic mass is 35.5. The molecule has 0 atom stereocenters. The number of pyridine rings is 1. The Bertz CT molecular complexity index is 1040. The summed E-state index contributed by atoms with van der Waals surface area (Å²) in [5.41, 5.74) is 4.15. The van der Waals surface area contributed by atoms with Crippen LogP contribution in [0.5, 0.6) is 0 Å². The summed E-state index contributed by atoms with van der Waals surface area (Å²) in [7, 11) is 0. The molecule has 0 unspecified atom stereocenters. The summed E-state index contributed by atoms with van der Waals surface area (Å²) in [6.07, 6.45) is 0. The van der Waals surface area contributed by atoms with Crippen LogP contribution in [0.3, 0.4) is 0 Å². The number of fused-ring (bicyclic) bond motifs is 1. The molecule has 0 bridgehead atoms. The summed E-state index contributed by atoms with van der Waals surface area (Å²) < 4.78 is 0. The number of nitriles is 1. The Hall–Kier alpha value is -2.55. The standard InChI is InChI=1S/C20H16ClN3OS/c1-12-7-14-9-15(10-22)20(24-18(14)8-13(12)2)26-11-19(25)23-17-6-4-3-5-16(17)21/h3-9H,11H2,1-2H3,(H,23,25). The van der Waals surface area contributed by atoms with Crippen LogP contribution < -0.4 is 5.32 Å². The Morgan fingerprint density at radius 3 is 2.69 bits per heavy atom. The van der Waals surface area contributed by atoms with Crippen LogP contribution in [0.1, 0.15) is 16.7 Å². The second-order valence-corrected chi connectivity index (χ2v) is 7.27. The zero-order valence-electron chi connectivity index (χ0n) is 14.3. The van der Waals surface area contributed by atoms with E-state index in [9.17, 15) is 10.1 Å². The molecule has 2 aromatic carbocycles. The molecule has 1 amide bonds. The highest BCUT2D eigenvalue weighted by Gasteiger charge is 2.12. The summed E-state index contributed by atoms with van der Waals surface area (Å²) in [6, 6.07) is 15.1. The Labute approximate surface area is 161 Å². The van der Waals surface area contributed by atoms with Crippen LogP contribution in [0, 0.1) is 25.2 Å². The van der Waals surface area contributed by atoms with Crippen molar-refractivity contribution in [3.05, 3.63) is 64.2 Å². The van der Waals surface area contributed by atoms with Crippen LogP contribution in [0.2, 0.25) is 5.02 Å². The molecular weight excluding hydrogens is 366 g/mol. The van der Waals surface area contributed by atoms with Crippen molar-refractivity contribution in [2.75, 3.05) is 11.1 Å². The van der Waals surface area contributed by atoms with E-state index in [0.29, 0.717) is 21.3 Å². The van der Waals surface area contributed by atoms with Crippen molar-refractivity contribution in [3.63, 3.8) is 0 Å². The van der Waals surface area contributed by atoms with Gasteiger partial charge in [-0.2, -0.15) is 5.26 Å². The number of carbonyl (C=O) groups excluding carboxylic acids is 1. The van der Waals surface area contributed by atoms with Crippen molar-refractivity contribution < 1.29 is 4.79 Å². The first kappa shape index (κ1) is 18.2. The van der Waals surface area contributed by atoms with Crippen LogP contribution in [0.25, 0.3) is 10.9 Å². The van der Waals surface area contributed by atoms with Crippen molar-refractivity contribution in [2.45, 2.75) is 18.9 Å². The predicted molar refractivity (Wildman–Crippen MR) is 107 cm³/mol. The van der Waals surface area contributed by atoms with Crippen molar-refractivity contribution in [1.29, 1.82) is 5.26 Å². The van der Waals surface area contributed by atoms with Crippen molar-refractivity contribution in [3.8, 4) is 6.07 Å². The third-order valence-corrected chi connectivity index (χ3v) is 5.32. The van der Waals surface area contributed by atoms with Crippen molar-refractivity contribution in [1.82, 2.24) is 4.98 Å². The molecule has 0 aliphatic carbocycles. The number of halogens is 1. The minimum atomic E-state index is -0.200. The number of para-hydroxylation sites is 1. The van der Waals surface area contributed by atoms with Crippen LogP contribution in [0.15, 0.2) is 47.5 Å². The van der Waals surface area contributed by atoms with Gasteiger partial charge >= 0.3 is 0 Å². The zero-order chi connectivity index (χ0) is 18.7. The SMILES string of the molecule is Cc1cc2cc(C#N)c(SCC(=O)Nc3ccccc3Cl)nc2cc1C. The Kier molecular flexibility index (Phi) is 5.46. The number of rotatable bonds is 4. The molecule has 130 valence electrons. The molecule has 1 N–H and O–H groups in total. The number of nitrogens with one attached hydrogen (secondary N) is 1. The molecule has 0 fully saturated rings. The lowest BCUT2D eigenvalue weighted by molar-refractivity contribution is -0.113. The first-order chi connectivity index (χ1) is 12.5. The molecule has 3 aromatic rings. The van der Waals surface area contributed by atoms with Gasteiger partial charge in [-0.15, -0.1) is 0 Å². The number of benzene rings is 2. The average molecular weight is 382 g/mol. The maximum Gasteiger partial charge on any atom is 0.234 e. The number of hydrogen-bond acceptors (Lipinski definition) is 4. The summed E-state index contributed by atoms with van der Waals surface area (Å²) in [5, 5.41) is 14.1. The van der Waals surface area contributed by atoms with Crippen LogP contribution >= 0.6 is 23.4 Å². The molecule has 3 rings (SSSR count). The molecule has 26 heavy (non-hydrogen) atoms. The quantitative estimate of drug-likeness (QED) is 0.638. The number of aromatic nitrogens is 1. The second kappa shape index (κ2) is 7.77. The molecule has 0 saturated heterocycles. The highest BCUT2D eigenvalue weighted by Crippen LogP contribution is 2.27. The Morgan fingerprint density at radius 2 is 1.96 bits per heavy atom. The smallest absolute Gasteiger partial charge is 0.234 e. The monoisotopic (exact) mass is 381 g/mol. The predicted octanol–water partition coefficient (Wildman–Crippen LogP) is 5.11. The van der Waals surface area contributed by atoms with E-state index in [4.69, 9.17) is 11.6 Å². The first-order valence-corrected chi connectivity index (χ1v) is 9.33. The number of thioether (sulfide) groups is 1. The number of aryl methyl sites for hydroxylation is 2. The summed E-state index contributed by atoms with van der Waals surface area (Å²) in [6.45, 7) is 4.06. The van der Waals surface area contributed by atoms with E-state index in [-0.39, 0.29) is 11.7 Å². The fourth-order valence-electron chi connectivity index (χ4n) is 2.50. The molecule has 0 aliphatic rings. The topological polar surface area (TPSA) is 65.8 Å². The van der Waals surface area contributed by atoms with Gasteiger partial charge in [0.1, 0.15) is 11.1 Å². The number of nitrogens with zero attached hydrogens (tertiary/aromatic N) is 2. The van der Waals surface area contributed by atoms with E-state index in [0.717, 1.165) is 22.0 Å². The van der Waals surface area contributed by atoms with Crippen LogP contribution in [0.4, 0.5) is 5.69 Å². The van der Waals surface area contributed by atoms with Crippen molar-refractivity contribution in [2.24, 2.45) is 0 Å². The summed E-state index contributed by atoms with van der Waals surface area (Å²) in [5.74, 6) is -0.0579. The minimum Gasteiger partial charge on any atom is -0.324 e. The Morgan fingerprint density at radius 1 is 1.23 bits per heavy atom. The lowest BCUT2D eigenvalue weighted by Gasteiger charge is -2.09. The maximum atomic E-state index is 12.2. The molecule has 0 saturated carbocycles. The Balaban J connectivity index is 1.80. The number of amides is 1. The van der Waals surface area contributed by atoms with Gasteiger partial charge in [0, 0.05) is 5.39 Å². The molecule has 0 radical (unpaired) electrons. The molecule has 4 nitrogen and oxygen atoms in total. The first-order valence-electron chi connectivity index (χ1n) is 7.97. The zero-order valence-corrected chi connectivity index (χ0v) is 15.9. The second-order valence-electron chi connectivity index (χ2n) is 5.90. The number of carbonyl (C=O) groups is 1. The van der Waals surface area contributed by atoms with E-state index in [1.54, 1.807) is 24.3 Å². The van der Waals surface area contributed by atoms with E-state index in [1.807, 2.05) is 32.0 Å². The fraction of sp³-hybridized carbons (Fsp3) is 0.150. The molecule has 6 heteroatoms. The number of hydrogen-bond donors (Lipinski definition) is 1. The van der Waals surface area contributed by atoms with Crippen LogP contribution in [-0.2, 0) is 4.79 Å². The van der Waals surface area contributed by atoms with Crippen LogP contribution in [-0.4, -0.2) is 16.6 Å². The van der Waals surface area contributed by atoms with E-state index >= 15 is 0 Å². The lowest BCUT2D eigenvalue weighted by atomic mass is 10.1. The molecule has 1 aromatic heterocycles. The van der Waals surface area contributed by atoms with Gasteiger partial charge in [-0.1, -0.05) is 35.5 Å². The van der Waals surface area contributed by atoms with E-state index < -0.39 is 0 Å². The van der Waals surface area contributed by atoms with Gasteiger partial charge in [-0.3, -0.25) is 4.79 Å². The largest absolute Gasteiger partial charge is 0.324 e. The van der Waals surface area contributed by atoms with Crippen molar-refractivity contribution >= 4 is 45.9 Å². The van der Waals surface area contributed by atoms with E-state index in [1.165, 1.54) is 11.8 Å². The number of anilines is 1. The fourth-order valence-corrected chi connectivity index (χ4v) is 3.44. The molecule has 1 heterocycles. The normalized spacial score (nSPS) is 10.5. The van der Waals surface area contributed by atoms with Gasteiger partial charge in [-0.05, 0) is 55.3 Å². The third-order valence-electron chi connectivity index (χ3n) is 4.00. The lowest BCUT2D eigenvalue weighted by Crippen LogP contribution is -2.14. The highest BCUT2D eigenvalue weighted by molar-refractivity contribution is 8.00. The van der Waals surface area contributed by atoms with Gasteiger partial charge in [0.2, 0.25) is 5.91 Å². The molecule has 0 aliphatic heterocycles. The van der Waals surface area contributed by atoms with Gasteiger partial charge in [-0.25, -0.2) is 4.98 Å².